The minimum Gasteiger partial charge on any atom is -0.310 e. The maximum Gasteiger partial charge on any atom is 0.258 e. The van der Waals surface area contributed by atoms with E-state index >= 15 is 0 Å². The maximum atomic E-state index is 12.0. The lowest BCUT2D eigenvalue weighted by molar-refractivity contribution is 0.895. The number of aryl methyl sites for hydroxylation is 1. The van der Waals surface area contributed by atoms with Crippen LogP contribution in [0.2, 0.25) is 0 Å². The molecule has 0 amide bonds. The average molecular weight is 289 g/mol. The van der Waals surface area contributed by atoms with Crippen LogP contribution in [-0.2, 0) is 12.8 Å². The molecule has 0 saturated carbocycles. The molecular formula is C18H15N3O. The van der Waals surface area contributed by atoms with Crippen molar-refractivity contribution in [2.75, 3.05) is 0 Å². The van der Waals surface area contributed by atoms with E-state index in [4.69, 9.17) is 0 Å². The van der Waals surface area contributed by atoms with Crippen molar-refractivity contribution >= 4 is 22.3 Å². The first-order chi connectivity index (χ1) is 10.8. The van der Waals surface area contributed by atoms with Gasteiger partial charge in [0.25, 0.3) is 5.56 Å². The Morgan fingerprint density at radius 3 is 2.73 bits per heavy atom. The van der Waals surface area contributed by atoms with Gasteiger partial charge in [0.1, 0.15) is 5.82 Å². The van der Waals surface area contributed by atoms with Gasteiger partial charge in [-0.2, -0.15) is 0 Å². The van der Waals surface area contributed by atoms with E-state index in [2.05, 4.69) is 21.0 Å². The quantitative estimate of drug-likeness (QED) is 0.805. The third-order valence-corrected chi connectivity index (χ3v) is 3.98. The predicted molar refractivity (Wildman–Crippen MR) is 87.9 cm³/mol. The van der Waals surface area contributed by atoms with E-state index in [1.54, 1.807) is 6.07 Å². The number of rotatable bonds is 3. The standard InChI is InChI=1S/C18H15N3O/c22-18-14-6-2-4-8-16(14)20-17(21-18)10-9-13-11-12-5-1-3-7-15(12)19-13/h1-8H,9-11H2,(H,20,21,22). The highest BCUT2D eigenvalue weighted by molar-refractivity contribution is 5.94. The van der Waals surface area contributed by atoms with Crippen molar-refractivity contribution < 1.29 is 0 Å². The van der Waals surface area contributed by atoms with Crippen LogP contribution in [0.5, 0.6) is 0 Å². The monoisotopic (exact) mass is 289 g/mol. The fourth-order valence-corrected chi connectivity index (χ4v) is 2.86. The third kappa shape index (κ3) is 2.33. The van der Waals surface area contributed by atoms with Crippen molar-refractivity contribution in [2.24, 2.45) is 4.99 Å². The Bertz CT molecular complexity index is 940. The maximum absolute atomic E-state index is 12.0. The van der Waals surface area contributed by atoms with Gasteiger partial charge in [0, 0.05) is 18.6 Å². The van der Waals surface area contributed by atoms with Crippen LogP contribution < -0.4 is 5.56 Å². The highest BCUT2D eigenvalue weighted by Gasteiger charge is 2.14. The number of hydrogen-bond donors (Lipinski definition) is 1. The summed E-state index contributed by atoms with van der Waals surface area (Å²) in [6.07, 6.45) is 2.41. The molecule has 0 unspecified atom stereocenters. The largest absolute Gasteiger partial charge is 0.310 e. The summed E-state index contributed by atoms with van der Waals surface area (Å²) in [5, 5.41) is 0.636. The topological polar surface area (TPSA) is 58.1 Å². The van der Waals surface area contributed by atoms with E-state index in [-0.39, 0.29) is 5.56 Å². The van der Waals surface area contributed by atoms with E-state index in [1.165, 1.54) is 5.56 Å². The van der Waals surface area contributed by atoms with Gasteiger partial charge in [-0.25, -0.2) is 4.98 Å². The molecule has 1 aliphatic heterocycles. The summed E-state index contributed by atoms with van der Waals surface area (Å²) in [4.78, 5) is 24.1. The van der Waals surface area contributed by atoms with E-state index in [0.717, 1.165) is 35.6 Å². The Morgan fingerprint density at radius 1 is 1.00 bits per heavy atom. The molecule has 2 heterocycles. The molecule has 1 N–H and O–H groups in total. The molecule has 4 heteroatoms. The SMILES string of the molecule is O=c1[nH]c(CCC2=Nc3ccccc3C2)nc2ccccc12. The van der Waals surface area contributed by atoms with Crippen LogP contribution in [0.3, 0.4) is 0 Å². The van der Waals surface area contributed by atoms with Gasteiger partial charge in [0.05, 0.1) is 16.6 Å². The van der Waals surface area contributed by atoms with Gasteiger partial charge in [0.2, 0.25) is 0 Å². The number of aromatic amines is 1. The predicted octanol–water partition coefficient (Wildman–Crippen LogP) is 3.18. The zero-order valence-corrected chi connectivity index (χ0v) is 12.0. The van der Waals surface area contributed by atoms with Crippen LogP contribution in [0.1, 0.15) is 17.8 Å². The van der Waals surface area contributed by atoms with Gasteiger partial charge >= 0.3 is 0 Å². The van der Waals surface area contributed by atoms with Crippen molar-refractivity contribution in [3.8, 4) is 0 Å². The number of aromatic nitrogens is 2. The Hall–Kier alpha value is -2.75. The molecule has 1 aromatic heterocycles. The van der Waals surface area contributed by atoms with Crippen molar-refractivity contribution in [3.05, 3.63) is 70.3 Å². The minimum absolute atomic E-state index is 0.0720. The van der Waals surface area contributed by atoms with Crippen molar-refractivity contribution in [2.45, 2.75) is 19.3 Å². The molecule has 0 atom stereocenters. The molecule has 0 saturated heterocycles. The van der Waals surface area contributed by atoms with Gasteiger partial charge < -0.3 is 4.98 Å². The Kier molecular flexibility index (Phi) is 3.07. The zero-order valence-electron chi connectivity index (χ0n) is 12.0. The number of hydrogen-bond acceptors (Lipinski definition) is 3. The molecule has 4 nitrogen and oxygen atoms in total. The second kappa shape index (κ2) is 5.22. The summed E-state index contributed by atoms with van der Waals surface area (Å²) in [7, 11) is 0. The van der Waals surface area contributed by atoms with Gasteiger partial charge in [-0.05, 0) is 30.2 Å². The summed E-state index contributed by atoms with van der Waals surface area (Å²) in [6.45, 7) is 0. The molecule has 0 radical (unpaired) electrons. The molecule has 0 aliphatic carbocycles. The second-order valence-electron chi connectivity index (χ2n) is 5.51. The van der Waals surface area contributed by atoms with Crippen molar-refractivity contribution in [1.82, 2.24) is 9.97 Å². The molecule has 0 spiro atoms. The lowest BCUT2D eigenvalue weighted by atomic mass is 10.1. The minimum atomic E-state index is -0.0720. The first kappa shape index (κ1) is 13.0. The first-order valence-corrected chi connectivity index (χ1v) is 7.42. The molecular weight excluding hydrogens is 274 g/mol. The molecule has 22 heavy (non-hydrogen) atoms. The first-order valence-electron chi connectivity index (χ1n) is 7.42. The molecule has 0 fully saturated rings. The number of H-pyrrole nitrogens is 1. The number of nitrogens with one attached hydrogen (secondary N) is 1. The highest BCUT2D eigenvalue weighted by atomic mass is 16.1. The molecule has 0 bridgehead atoms. The van der Waals surface area contributed by atoms with Crippen LogP contribution in [0.15, 0.2) is 58.3 Å². The van der Waals surface area contributed by atoms with E-state index in [0.29, 0.717) is 11.8 Å². The smallest absolute Gasteiger partial charge is 0.258 e. The number of benzene rings is 2. The van der Waals surface area contributed by atoms with Gasteiger partial charge in [-0.15, -0.1) is 0 Å². The lowest BCUT2D eigenvalue weighted by Gasteiger charge is -2.03. The second-order valence-corrected chi connectivity index (χ2v) is 5.51. The van der Waals surface area contributed by atoms with Crippen LogP contribution in [0.4, 0.5) is 5.69 Å². The summed E-state index contributed by atoms with van der Waals surface area (Å²) < 4.78 is 0. The lowest BCUT2D eigenvalue weighted by Crippen LogP contribution is -2.13. The Balaban J connectivity index is 1.55. The van der Waals surface area contributed by atoms with E-state index < -0.39 is 0 Å². The van der Waals surface area contributed by atoms with Crippen LogP contribution in [-0.4, -0.2) is 15.7 Å². The van der Waals surface area contributed by atoms with Crippen LogP contribution in [0, 0.1) is 0 Å². The molecule has 2 aromatic carbocycles. The molecule has 108 valence electrons. The number of para-hydroxylation sites is 2. The Morgan fingerprint density at radius 2 is 1.82 bits per heavy atom. The highest BCUT2D eigenvalue weighted by Crippen LogP contribution is 2.27. The van der Waals surface area contributed by atoms with Gasteiger partial charge in [0.15, 0.2) is 0 Å². The van der Waals surface area contributed by atoms with E-state index in [9.17, 15) is 4.79 Å². The normalized spacial score (nSPS) is 13.2. The number of fused-ring (bicyclic) bond motifs is 2. The van der Waals surface area contributed by atoms with Crippen molar-refractivity contribution in [3.63, 3.8) is 0 Å². The molecule has 1 aliphatic rings. The van der Waals surface area contributed by atoms with Gasteiger partial charge in [-0.3, -0.25) is 9.79 Å². The summed E-state index contributed by atoms with van der Waals surface area (Å²) >= 11 is 0. The molecule has 4 rings (SSSR count). The third-order valence-electron chi connectivity index (χ3n) is 3.98. The van der Waals surface area contributed by atoms with Crippen molar-refractivity contribution in [1.29, 1.82) is 0 Å². The Labute approximate surface area is 127 Å². The van der Waals surface area contributed by atoms with Gasteiger partial charge in [-0.1, -0.05) is 30.3 Å². The van der Waals surface area contributed by atoms with Crippen LogP contribution in [0.25, 0.3) is 10.9 Å². The fourth-order valence-electron chi connectivity index (χ4n) is 2.86. The fraction of sp³-hybridized carbons (Fsp3) is 0.167. The number of aliphatic imine (C=N–C) groups is 1. The zero-order chi connectivity index (χ0) is 14.9. The summed E-state index contributed by atoms with van der Waals surface area (Å²) in [5.41, 5.74) is 4.17. The average Bonchev–Trinajstić information content (AvgIpc) is 2.96. The molecule has 3 aromatic rings. The van der Waals surface area contributed by atoms with E-state index in [1.807, 2.05) is 36.4 Å². The number of nitrogens with zero attached hydrogens (tertiary/aromatic N) is 2. The summed E-state index contributed by atoms with van der Waals surface area (Å²) in [5.74, 6) is 0.724. The van der Waals surface area contributed by atoms with Crippen LogP contribution >= 0.6 is 0 Å². The summed E-state index contributed by atoms with van der Waals surface area (Å²) in [6, 6.07) is 15.6.